The maximum Gasteiger partial charge on any atom is 0.250 e. The van der Waals surface area contributed by atoms with E-state index in [4.69, 9.17) is 14.2 Å². The molecule has 0 radical (unpaired) electrons. The first-order valence-corrected chi connectivity index (χ1v) is 8.07. The minimum Gasteiger partial charge on any atom is -0.497 e. The lowest BCUT2D eigenvalue weighted by atomic mass is 9.81. The number of carbonyl (C=O) groups is 2. The summed E-state index contributed by atoms with van der Waals surface area (Å²) in [4.78, 5) is 23.8. The summed E-state index contributed by atoms with van der Waals surface area (Å²) in [6.07, 6.45) is 4.89. The molecule has 2 aliphatic rings. The summed E-state index contributed by atoms with van der Waals surface area (Å²) in [5, 5.41) is 2.78. The molecule has 128 valence electrons. The van der Waals surface area contributed by atoms with Crippen molar-refractivity contribution in [3.8, 4) is 5.75 Å². The van der Waals surface area contributed by atoms with Gasteiger partial charge >= 0.3 is 0 Å². The summed E-state index contributed by atoms with van der Waals surface area (Å²) < 4.78 is 16.3. The van der Waals surface area contributed by atoms with E-state index in [1.54, 1.807) is 31.4 Å². The number of nitrogens with one attached hydrogen (secondary N) is 1. The molecular formula is C18H21NO5. The fourth-order valence-corrected chi connectivity index (χ4v) is 3.12. The highest BCUT2D eigenvalue weighted by Gasteiger charge is 2.37. The van der Waals surface area contributed by atoms with Gasteiger partial charge in [0.2, 0.25) is 5.91 Å². The van der Waals surface area contributed by atoms with Crippen LogP contribution in [0.4, 0.5) is 5.69 Å². The molecule has 1 aromatic carbocycles. The quantitative estimate of drug-likeness (QED) is 0.896. The lowest BCUT2D eigenvalue weighted by molar-refractivity contribution is -0.133. The maximum atomic E-state index is 12.0. The van der Waals surface area contributed by atoms with Crippen molar-refractivity contribution in [1.29, 1.82) is 0 Å². The van der Waals surface area contributed by atoms with E-state index in [9.17, 15) is 9.59 Å². The summed E-state index contributed by atoms with van der Waals surface area (Å²) in [7, 11) is 1.59. The molecule has 1 amide bonds. The van der Waals surface area contributed by atoms with Gasteiger partial charge in [0, 0.05) is 18.2 Å². The molecule has 1 aliphatic heterocycles. The van der Waals surface area contributed by atoms with Gasteiger partial charge in [-0.3, -0.25) is 9.59 Å². The van der Waals surface area contributed by atoms with E-state index in [1.807, 2.05) is 0 Å². The van der Waals surface area contributed by atoms with Gasteiger partial charge in [0.05, 0.1) is 25.4 Å². The number of benzene rings is 1. The number of ketones is 1. The van der Waals surface area contributed by atoms with Crippen LogP contribution in [0.5, 0.6) is 5.75 Å². The first-order chi connectivity index (χ1) is 11.7. The van der Waals surface area contributed by atoms with Crippen LogP contribution in [-0.2, 0) is 19.1 Å². The average molecular weight is 331 g/mol. The maximum absolute atomic E-state index is 12.0. The van der Waals surface area contributed by atoms with Crippen LogP contribution < -0.4 is 10.1 Å². The molecule has 1 saturated carbocycles. The third-order valence-electron chi connectivity index (χ3n) is 4.42. The van der Waals surface area contributed by atoms with Crippen molar-refractivity contribution in [2.45, 2.75) is 31.5 Å². The number of anilines is 1. The number of allylic oxidation sites excluding steroid dienone is 1. The second-order valence-electron chi connectivity index (χ2n) is 6.01. The van der Waals surface area contributed by atoms with Gasteiger partial charge in [-0.2, -0.15) is 0 Å². The number of ether oxygens (including phenoxy) is 3. The smallest absolute Gasteiger partial charge is 0.250 e. The zero-order valence-electron chi connectivity index (χ0n) is 13.6. The number of fused-ring (bicyclic) bond motifs is 1. The first kappa shape index (κ1) is 16.5. The second-order valence-corrected chi connectivity index (χ2v) is 6.01. The Hall–Kier alpha value is -2.34. The molecular weight excluding hydrogens is 310 g/mol. The van der Waals surface area contributed by atoms with E-state index in [0.717, 1.165) is 18.6 Å². The van der Waals surface area contributed by atoms with Gasteiger partial charge in [-0.25, -0.2) is 0 Å². The molecule has 0 saturated heterocycles. The summed E-state index contributed by atoms with van der Waals surface area (Å²) in [6.45, 7) is -0.0160. The van der Waals surface area contributed by atoms with Crippen LogP contribution in [0.3, 0.4) is 0 Å². The molecule has 1 heterocycles. The van der Waals surface area contributed by atoms with Crippen molar-refractivity contribution in [3.05, 3.63) is 36.6 Å². The minimum absolute atomic E-state index is 0.0160. The van der Waals surface area contributed by atoms with E-state index < -0.39 is 0 Å². The van der Waals surface area contributed by atoms with Crippen molar-refractivity contribution in [2.24, 2.45) is 5.92 Å². The zero-order chi connectivity index (χ0) is 16.9. The van der Waals surface area contributed by atoms with E-state index in [0.29, 0.717) is 12.1 Å². The predicted molar refractivity (Wildman–Crippen MR) is 87.7 cm³/mol. The third-order valence-corrected chi connectivity index (χ3v) is 4.42. The Bertz CT molecular complexity index is 625. The summed E-state index contributed by atoms with van der Waals surface area (Å²) in [5.74, 6) is 0.588. The van der Waals surface area contributed by atoms with Crippen molar-refractivity contribution in [2.75, 3.05) is 19.0 Å². The minimum atomic E-state index is -0.206. The van der Waals surface area contributed by atoms with Crippen molar-refractivity contribution >= 4 is 17.4 Å². The molecule has 6 nitrogen and oxygen atoms in total. The molecule has 0 aromatic heterocycles. The molecule has 0 bridgehead atoms. The Labute approximate surface area is 140 Å². The van der Waals surface area contributed by atoms with E-state index >= 15 is 0 Å². The molecule has 1 N–H and O–H groups in total. The van der Waals surface area contributed by atoms with Gasteiger partial charge in [-0.05, 0) is 37.1 Å². The molecule has 1 aromatic rings. The molecule has 3 atom stereocenters. The number of hydrogen-bond donors (Lipinski definition) is 1. The molecule has 0 spiro atoms. The Morgan fingerprint density at radius 3 is 2.83 bits per heavy atom. The molecule has 3 unspecified atom stereocenters. The molecule has 3 rings (SSSR count). The molecule has 1 fully saturated rings. The van der Waals surface area contributed by atoms with Crippen LogP contribution in [0.15, 0.2) is 36.6 Å². The Morgan fingerprint density at radius 1 is 1.29 bits per heavy atom. The highest BCUT2D eigenvalue weighted by Crippen LogP contribution is 2.32. The largest absolute Gasteiger partial charge is 0.497 e. The summed E-state index contributed by atoms with van der Waals surface area (Å²) in [5.41, 5.74) is 0.694. The fourth-order valence-electron chi connectivity index (χ4n) is 3.12. The van der Waals surface area contributed by atoms with Crippen LogP contribution in [0, 0.1) is 5.92 Å². The number of amides is 1. The predicted octanol–water partition coefficient (Wildman–Crippen LogP) is 2.30. The van der Waals surface area contributed by atoms with Crippen LogP contribution in [0.25, 0.3) is 0 Å². The number of methoxy groups -OCH3 is 1. The van der Waals surface area contributed by atoms with Crippen LogP contribution in [-0.4, -0.2) is 37.6 Å². The second kappa shape index (κ2) is 7.49. The molecule has 24 heavy (non-hydrogen) atoms. The first-order valence-electron chi connectivity index (χ1n) is 8.07. The van der Waals surface area contributed by atoms with E-state index in [1.165, 1.54) is 12.3 Å². The zero-order valence-corrected chi connectivity index (χ0v) is 13.6. The fraction of sp³-hybridized carbons (Fsp3) is 0.444. The standard InChI is InChI=1S/C18H21NO5/c1-22-13-4-2-12(3-5-13)19-18(21)11-24-14-6-7-15-16(20)8-9-23-17(15)10-14/h2-5,8-9,14-15,17H,6-7,10-11H2,1H3,(H,19,21). The SMILES string of the molecule is COc1ccc(NC(=O)COC2CCC3C(=O)C=COC3C2)cc1. The lowest BCUT2D eigenvalue weighted by Crippen LogP contribution is -2.40. The molecule has 6 heteroatoms. The average Bonchev–Trinajstić information content (AvgIpc) is 2.61. The highest BCUT2D eigenvalue weighted by atomic mass is 16.5. The molecule has 1 aliphatic carbocycles. The van der Waals surface area contributed by atoms with Crippen molar-refractivity contribution in [1.82, 2.24) is 0 Å². The van der Waals surface area contributed by atoms with Crippen LogP contribution in [0.2, 0.25) is 0 Å². The van der Waals surface area contributed by atoms with Crippen LogP contribution in [0.1, 0.15) is 19.3 Å². The van der Waals surface area contributed by atoms with Crippen molar-refractivity contribution < 1.29 is 23.8 Å². The normalized spacial score (nSPS) is 25.5. The highest BCUT2D eigenvalue weighted by molar-refractivity contribution is 5.93. The Morgan fingerprint density at radius 2 is 2.08 bits per heavy atom. The Balaban J connectivity index is 1.44. The number of hydrogen-bond acceptors (Lipinski definition) is 5. The topological polar surface area (TPSA) is 73.9 Å². The van der Waals surface area contributed by atoms with Gasteiger partial charge in [0.25, 0.3) is 0 Å². The monoisotopic (exact) mass is 331 g/mol. The number of carbonyl (C=O) groups excluding carboxylic acids is 2. The van der Waals surface area contributed by atoms with Gasteiger partial charge in [0.1, 0.15) is 18.5 Å². The van der Waals surface area contributed by atoms with Gasteiger partial charge in [-0.15, -0.1) is 0 Å². The summed E-state index contributed by atoms with van der Waals surface area (Å²) in [6, 6.07) is 7.11. The van der Waals surface area contributed by atoms with Gasteiger partial charge < -0.3 is 19.5 Å². The van der Waals surface area contributed by atoms with Crippen molar-refractivity contribution in [3.63, 3.8) is 0 Å². The van der Waals surface area contributed by atoms with E-state index in [2.05, 4.69) is 5.32 Å². The third kappa shape index (κ3) is 3.94. The Kier molecular flexibility index (Phi) is 5.15. The summed E-state index contributed by atoms with van der Waals surface area (Å²) >= 11 is 0. The lowest BCUT2D eigenvalue weighted by Gasteiger charge is -2.35. The number of rotatable bonds is 5. The van der Waals surface area contributed by atoms with Crippen LogP contribution >= 0.6 is 0 Å². The van der Waals surface area contributed by atoms with Gasteiger partial charge in [-0.1, -0.05) is 0 Å². The van der Waals surface area contributed by atoms with E-state index in [-0.39, 0.29) is 36.4 Å². The van der Waals surface area contributed by atoms with Gasteiger partial charge in [0.15, 0.2) is 5.78 Å².